The van der Waals surface area contributed by atoms with Gasteiger partial charge in [-0.25, -0.2) is 0 Å². The molecule has 0 N–H and O–H groups in total. The standard InChI is InChI=1S/C15H24O/c1-10-6-8-14(16)11(2)5-7-13-12(10)9-15(13,3)4/h11-13H,1,5-9H2,2-4H3/t11-,12+,13+/m0/s1. The van der Waals surface area contributed by atoms with Crippen molar-refractivity contribution < 1.29 is 4.79 Å². The van der Waals surface area contributed by atoms with E-state index in [1.807, 2.05) is 0 Å². The highest BCUT2D eigenvalue weighted by atomic mass is 16.1. The van der Waals surface area contributed by atoms with Crippen LogP contribution in [-0.2, 0) is 4.79 Å². The van der Waals surface area contributed by atoms with Gasteiger partial charge in [0.25, 0.3) is 0 Å². The molecule has 0 aromatic heterocycles. The van der Waals surface area contributed by atoms with Crippen molar-refractivity contribution in [3.63, 3.8) is 0 Å². The van der Waals surface area contributed by atoms with Crippen molar-refractivity contribution >= 4 is 5.78 Å². The third-order valence-electron chi connectivity index (χ3n) is 4.91. The second-order valence-electron chi connectivity index (χ2n) is 6.51. The molecular formula is C15H24O. The van der Waals surface area contributed by atoms with Crippen LogP contribution in [0.2, 0.25) is 0 Å². The minimum atomic E-state index is 0.267. The number of allylic oxidation sites excluding steroid dienone is 1. The Morgan fingerprint density at radius 2 is 1.94 bits per heavy atom. The quantitative estimate of drug-likeness (QED) is 0.564. The van der Waals surface area contributed by atoms with Gasteiger partial charge in [0, 0.05) is 12.3 Å². The molecule has 16 heavy (non-hydrogen) atoms. The largest absolute Gasteiger partial charge is 0.299 e. The van der Waals surface area contributed by atoms with Crippen LogP contribution in [0, 0.1) is 23.2 Å². The molecule has 0 aromatic carbocycles. The van der Waals surface area contributed by atoms with Crippen molar-refractivity contribution in [1.29, 1.82) is 0 Å². The average Bonchev–Trinajstić information content (AvgIpc) is 2.24. The van der Waals surface area contributed by atoms with Crippen LogP contribution >= 0.6 is 0 Å². The fraction of sp³-hybridized carbons (Fsp3) is 0.800. The maximum atomic E-state index is 11.8. The molecule has 0 heterocycles. The summed E-state index contributed by atoms with van der Waals surface area (Å²) in [6, 6.07) is 0. The fourth-order valence-electron chi connectivity index (χ4n) is 3.57. The Morgan fingerprint density at radius 1 is 1.25 bits per heavy atom. The van der Waals surface area contributed by atoms with Gasteiger partial charge in [-0.1, -0.05) is 32.9 Å². The normalized spacial score (nSPS) is 39.1. The molecule has 0 aromatic rings. The number of hydrogen-bond acceptors (Lipinski definition) is 1. The number of rotatable bonds is 0. The molecule has 2 aliphatic rings. The van der Waals surface area contributed by atoms with Crippen LogP contribution in [0.15, 0.2) is 12.2 Å². The number of hydrogen-bond donors (Lipinski definition) is 0. The van der Waals surface area contributed by atoms with E-state index >= 15 is 0 Å². The van der Waals surface area contributed by atoms with Crippen molar-refractivity contribution in [3.05, 3.63) is 12.2 Å². The molecule has 0 saturated heterocycles. The van der Waals surface area contributed by atoms with Crippen molar-refractivity contribution in [2.45, 2.75) is 52.9 Å². The van der Waals surface area contributed by atoms with Crippen molar-refractivity contribution in [2.24, 2.45) is 23.2 Å². The van der Waals surface area contributed by atoms with E-state index in [0.29, 0.717) is 17.1 Å². The van der Waals surface area contributed by atoms with Crippen molar-refractivity contribution in [3.8, 4) is 0 Å². The van der Waals surface area contributed by atoms with Gasteiger partial charge in [0.05, 0.1) is 0 Å². The highest BCUT2D eigenvalue weighted by Crippen LogP contribution is 2.56. The Balaban J connectivity index is 2.12. The zero-order valence-electron chi connectivity index (χ0n) is 10.9. The van der Waals surface area contributed by atoms with Gasteiger partial charge >= 0.3 is 0 Å². The van der Waals surface area contributed by atoms with Gasteiger partial charge in [0.2, 0.25) is 0 Å². The zero-order chi connectivity index (χ0) is 11.9. The van der Waals surface area contributed by atoms with Crippen LogP contribution in [0.4, 0.5) is 0 Å². The predicted molar refractivity (Wildman–Crippen MR) is 67.2 cm³/mol. The molecule has 0 unspecified atom stereocenters. The Morgan fingerprint density at radius 3 is 2.56 bits per heavy atom. The third kappa shape index (κ3) is 1.97. The lowest BCUT2D eigenvalue weighted by atomic mass is 9.52. The van der Waals surface area contributed by atoms with E-state index < -0.39 is 0 Å². The van der Waals surface area contributed by atoms with Gasteiger partial charge < -0.3 is 0 Å². The first-order valence-electron chi connectivity index (χ1n) is 6.62. The fourth-order valence-corrected chi connectivity index (χ4v) is 3.57. The molecule has 2 aliphatic carbocycles. The number of Topliss-reactive ketones (excluding diaryl/α,β-unsaturated/α-hetero) is 1. The predicted octanol–water partition coefficient (Wildman–Crippen LogP) is 3.98. The molecule has 90 valence electrons. The van der Waals surface area contributed by atoms with Gasteiger partial charge in [0.15, 0.2) is 0 Å². The summed E-state index contributed by atoms with van der Waals surface area (Å²) in [4.78, 5) is 11.8. The molecule has 0 radical (unpaired) electrons. The molecule has 0 aliphatic heterocycles. The molecule has 0 bridgehead atoms. The van der Waals surface area contributed by atoms with E-state index in [2.05, 4.69) is 27.4 Å². The SMILES string of the molecule is C=C1CCC(=O)[C@@H](C)CC[C@@H]2[C@@H]1CC2(C)C. The zero-order valence-corrected chi connectivity index (χ0v) is 10.9. The lowest BCUT2D eigenvalue weighted by Gasteiger charge is -2.53. The summed E-state index contributed by atoms with van der Waals surface area (Å²) in [7, 11) is 0. The summed E-state index contributed by atoms with van der Waals surface area (Å²) in [6.07, 6.45) is 5.23. The Kier molecular flexibility index (Phi) is 2.98. The molecule has 2 fully saturated rings. The molecule has 2 rings (SSSR count). The maximum absolute atomic E-state index is 11.8. The average molecular weight is 220 g/mol. The molecular weight excluding hydrogens is 196 g/mol. The van der Waals surface area contributed by atoms with Gasteiger partial charge in [-0.3, -0.25) is 4.79 Å². The van der Waals surface area contributed by atoms with Crippen LogP contribution in [0.5, 0.6) is 0 Å². The number of carbonyl (C=O) groups is 1. The van der Waals surface area contributed by atoms with Crippen LogP contribution in [0.1, 0.15) is 52.9 Å². The highest BCUT2D eigenvalue weighted by molar-refractivity contribution is 5.80. The van der Waals surface area contributed by atoms with Crippen LogP contribution < -0.4 is 0 Å². The van der Waals surface area contributed by atoms with Crippen LogP contribution in [0.3, 0.4) is 0 Å². The number of fused-ring (bicyclic) bond motifs is 1. The first kappa shape index (κ1) is 11.9. The monoisotopic (exact) mass is 220 g/mol. The first-order valence-corrected chi connectivity index (χ1v) is 6.62. The smallest absolute Gasteiger partial charge is 0.136 e. The summed E-state index contributed by atoms with van der Waals surface area (Å²) < 4.78 is 0. The van der Waals surface area contributed by atoms with Crippen LogP contribution in [0.25, 0.3) is 0 Å². The van der Waals surface area contributed by atoms with E-state index in [-0.39, 0.29) is 5.92 Å². The van der Waals surface area contributed by atoms with Gasteiger partial charge in [-0.15, -0.1) is 0 Å². The summed E-state index contributed by atoms with van der Waals surface area (Å²) >= 11 is 0. The Labute approximate surface area is 99.3 Å². The minimum Gasteiger partial charge on any atom is -0.299 e. The molecule has 0 spiro atoms. The second kappa shape index (κ2) is 4.01. The summed E-state index contributed by atoms with van der Waals surface area (Å²) in [5.74, 6) is 2.18. The minimum absolute atomic E-state index is 0.267. The Bertz CT molecular complexity index is 313. The van der Waals surface area contributed by atoms with Crippen molar-refractivity contribution in [2.75, 3.05) is 0 Å². The van der Waals surface area contributed by atoms with Gasteiger partial charge in [-0.05, 0) is 42.9 Å². The van der Waals surface area contributed by atoms with E-state index in [1.165, 1.54) is 18.4 Å². The highest BCUT2D eigenvalue weighted by Gasteiger charge is 2.47. The lowest BCUT2D eigenvalue weighted by Crippen LogP contribution is -2.44. The molecule has 0 amide bonds. The molecule has 1 nitrogen and oxygen atoms in total. The van der Waals surface area contributed by atoms with Crippen molar-refractivity contribution in [1.82, 2.24) is 0 Å². The van der Waals surface area contributed by atoms with Gasteiger partial charge in [-0.2, -0.15) is 0 Å². The summed E-state index contributed by atoms with van der Waals surface area (Å²) in [6.45, 7) is 11.0. The lowest BCUT2D eigenvalue weighted by molar-refractivity contribution is -0.122. The maximum Gasteiger partial charge on any atom is 0.136 e. The van der Waals surface area contributed by atoms with E-state index in [4.69, 9.17) is 0 Å². The summed E-state index contributed by atoms with van der Waals surface area (Å²) in [5, 5.41) is 0. The van der Waals surface area contributed by atoms with Crippen LogP contribution in [-0.4, -0.2) is 5.78 Å². The third-order valence-corrected chi connectivity index (χ3v) is 4.91. The summed E-state index contributed by atoms with van der Waals surface area (Å²) in [5.41, 5.74) is 1.81. The topological polar surface area (TPSA) is 17.1 Å². The van der Waals surface area contributed by atoms with E-state index in [1.54, 1.807) is 0 Å². The first-order chi connectivity index (χ1) is 7.42. The van der Waals surface area contributed by atoms with E-state index in [0.717, 1.165) is 25.2 Å². The molecule has 3 atom stereocenters. The molecule has 1 heteroatoms. The Hall–Kier alpha value is -0.590. The van der Waals surface area contributed by atoms with Gasteiger partial charge in [0.1, 0.15) is 5.78 Å². The van der Waals surface area contributed by atoms with E-state index in [9.17, 15) is 4.79 Å². The molecule has 2 saturated carbocycles. The number of ketones is 1. The second-order valence-corrected chi connectivity index (χ2v) is 6.51. The number of carbonyl (C=O) groups excluding carboxylic acids is 1.